The minimum absolute atomic E-state index is 1.10. The summed E-state index contributed by atoms with van der Waals surface area (Å²) in [5.74, 6) is 0. The predicted octanol–water partition coefficient (Wildman–Crippen LogP) is 21.6. The van der Waals surface area contributed by atoms with Gasteiger partial charge in [0.2, 0.25) is 0 Å². The molecule has 3 nitrogen and oxygen atoms in total. The van der Waals surface area contributed by atoms with Crippen molar-refractivity contribution < 1.29 is 0 Å². The van der Waals surface area contributed by atoms with Crippen molar-refractivity contribution in [3.63, 3.8) is 0 Å². The van der Waals surface area contributed by atoms with Gasteiger partial charge in [-0.2, -0.15) is 0 Å². The quantitative estimate of drug-likeness (QED) is 0.124. The lowest BCUT2D eigenvalue weighted by atomic mass is 9.83. The number of aromatic nitrogens is 3. The van der Waals surface area contributed by atoms with E-state index in [1.807, 2.05) is 41.1 Å². The van der Waals surface area contributed by atoms with Crippen molar-refractivity contribution >= 4 is 150 Å². The van der Waals surface area contributed by atoms with Crippen LogP contribution in [0.4, 0.5) is 0 Å². The molecule has 5 heteroatoms. The van der Waals surface area contributed by atoms with Crippen LogP contribution in [0, 0.1) is 0 Å². The molecule has 370 valence electrons. The monoisotopic (exact) mass is 1050 g/mol. The Morgan fingerprint density at radius 1 is 0.263 bits per heavy atom. The van der Waals surface area contributed by atoms with Crippen LogP contribution in [0.25, 0.3) is 172 Å². The van der Waals surface area contributed by atoms with Crippen LogP contribution in [0.2, 0.25) is 0 Å². The molecular formula is C75H43N3S2. The lowest BCUT2D eigenvalue weighted by Gasteiger charge is -2.20. The molecule has 18 aromatic rings. The van der Waals surface area contributed by atoms with E-state index in [0.29, 0.717) is 0 Å². The topological polar surface area (TPSA) is 22.8 Å². The molecule has 0 atom stereocenters. The van der Waals surface area contributed by atoms with Crippen molar-refractivity contribution in [2.24, 2.45) is 0 Å². The second-order valence-corrected chi connectivity index (χ2v) is 23.5. The highest BCUT2D eigenvalue weighted by Crippen LogP contribution is 2.49. The van der Waals surface area contributed by atoms with Gasteiger partial charge in [0.05, 0.1) is 22.1 Å². The first kappa shape index (κ1) is 44.1. The Hall–Kier alpha value is -9.91. The lowest BCUT2D eigenvalue weighted by Crippen LogP contribution is -1.96. The van der Waals surface area contributed by atoms with Crippen molar-refractivity contribution in [1.29, 1.82) is 0 Å². The predicted molar refractivity (Wildman–Crippen MR) is 345 cm³/mol. The van der Waals surface area contributed by atoms with E-state index in [4.69, 9.17) is 0 Å². The molecule has 0 amide bonds. The zero-order valence-electron chi connectivity index (χ0n) is 43.0. The third-order valence-electron chi connectivity index (χ3n) is 17.1. The Bertz CT molecular complexity index is 5640. The Balaban J connectivity index is 0.872. The number of nitrogens with zero attached hydrogens (tertiary/aromatic N) is 3. The van der Waals surface area contributed by atoms with Gasteiger partial charge in [0.15, 0.2) is 0 Å². The molecule has 0 saturated heterocycles. The molecule has 0 unspecified atom stereocenters. The summed E-state index contributed by atoms with van der Waals surface area (Å²) < 4.78 is 10.2. The maximum Gasteiger partial charge on any atom is 0.0555 e. The molecule has 0 aliphatic heterocycles. The molecule has 0 saturated carbocycles. The molecule has 0 bridgehead atoms. The summed E-state index contributed by atoms with van der Waals surface area (Å²) in [6.07, 6.45) is 3.87. The van der Waals surface area contributed by atoms with Crippen LogP contribution in [0.15, 0.2) is 261 Å². The molecule has 13 aromatic carbocycles. The Morgan fingerprint density at radius 2 is 0.713 bits per heavy atom. The molecule has 18 rings (SSSR count). The van der Waals surface area contributed by atoms with Crippen LogP contribution in [0.1, 0.15) is 0 Å². The number of hydrogen-bond donors (Lipinski definition) is 0. The van der Waals surface area contributed by atoms with Gasteiger partial charge in [-0.3, -0.25) is 4.98 Å². The van der Waals surface area contributed by atoms with Gasteiger partial charge in [-0.15, -0.1) is 22.7 Å². The number of fused-ring (bicyclic) bond motifs is 17. The second-order valence-electron chi connectivity index (χ2n) is 21.4. The van der Waals surface area contributed by atoms with E-state index < -0.39 is 0 Å². The fourth-order valence-corrected chi connectivity index (χ4v) is 15.9. The summed E-state index contributed by atoms with van der Waals surface area (Å²) in [7, 11) is 0. The van der Waals surface area contributed by atoms with Crippen molar-refractivity contribution in [1.82, 2.24) is 14.1 Å². The minimum atomic E-state index is 1.10. The third-order valence-corrected chi connectivity index (χ3v) is 19.4. The Kier molecular flexibility index (Phi) is 9.26. The van der Waals surface area contributed by atoms with Crippen molar-refractivity contribution in [3.05, 3.63) is 261 Å². The molecule has 0 spiro atoms. The maximum atomic E-state index is 4.64. The lowest BCUT2D eigenvalue weighted by molar-refractivity contribution is 1.18. The van der Waals surface area contributed by atoms with Gasteiger partial charge in [0, 0.05) is 91.2 Å². The Labute approximate surface area is 466 Å². The highest BCUT2D eigenvalue weighted by molar-refractivity contribution is 7.26. The first-order chi connectivity index (χ1) is 39.7. The molecule has 0 N–H and O–H groups in total. The zero-order chi connectivity index (χ0) is 52.2. The van der Waals surface area contributed by atoms with E-state index in [1.165, 1.54) is 155 Å². The summed E-state index contributed by atoms with van der Waals surface area (Å²) in [5, 5.41) is 20.1. The van der Waals surface area contributed by atoms with E-state index in [9.17, 15) is 0 Å². The molecule has 80 heavy (non-hydrogen) atoms. The average molecular weight is 1050 g/mol. The Morgan fingerprint density at radius 3 is 1.24 bits per heavy atom. The van der Waals surface area contributed by atoms with Crippen LogP contribution < -0.4 is 0 Å². The second kappa shape index (κ2) is 16.8. The summed E-state index contributed by atoms with van der Waals surface area (Å²) in [6.45, 7) is 0. The number of thiophene rings is 2. The van der Waals surface area contributed by atoms with Crippen LogP contribution in [0.3, 0.4) is 0 Å². The maximum absolute atomic E-state index is 4.64. The minimum Gasteiger partial charge on any atom is -0.309 e. The number of para-hydroxylation sites is 2. The molecule has 0 aliphatic rings. The number of rotatable bonds is 5. The number of hydrogen-bond acceptors (Lipinski definition) is 3. The molecule has 5 heterocycles. The first-order valence-corrected chi connectivity index (χ1v) is 28.9. The fraction of sp³-hybridized carbons (Fsp3) is 0. The van der Waals surface area contributed by atoms with E-state index in [2.05, 4.69) is 257 Å². The fourth-order valence-electron chi connectivity index (χ4n) is 13.6. The van der Waals surface area contributed by atoms with E-state index in [-0.39, 0.29) is 0 Å². The van der Waals surface area contributed by atoms with E-state index in [1.54, 1.807) is 0 Å². The van der Waals surface area contributed by atoms with Gasteiger partial charge in [-0.05, 0) is 168 Å². The molecule has 0 aliphatic carbocycles. The summed E-state index contributed by atoms with van der Waals surface area (Å²) in [5.41, 5.74) is 14.2. The molecule has 0 fully saturated rings. The smallest absolute Gasteiger partial charge is 0.0555 e. The van der Waals surface area contributed by atoms with E-state index >= 15 is 0 Å². The first-order valence-electron chi connectivity index (χ1n) is 27.3. The SMILES string of the molecule is c1cncc(-c2cc3ccccc3c3cc4c(-c5ccc(-n6c7ccccc7c7cc8c(cc76)sc6ccccc68)cc5)c5ccccc5c(-c5ccc(-n6c7ccccc7c7cc8c(cc76)sc6ccccc68)cc5)c4cc23)c1. The summed E-state index contributed by atoms with van der Waals surface area (Å²) in [6, 6.07) is 93.3. The van der Waals surface area contributed by atoms with Gasteiger partial charge in [-0.1, -0.05) is 152 Å². The van der Waals surface area contributed by atoms with Crippen LogP contribution in [0.5, 0.6) is 0 Å². The standard InChI is InChI=1S/C75H43N3S2/c1-2-16-50-46(14-1)36-57(47-15-13-35-76-43-47)59-38-65-64(37-58(50)59)74(44-27-31-48(32-28-44)77-66-23-9-5-17-51(66)60-39-62-53-19-7-11-25-70(53)79-72(62)41-68(60)77)55-21-3-4-22-56(55)75(65)45-29-33-49(34-30-45)78-67-24-10-6-18-52(67)61-40-63-54-20-8-12-26-71(54)80-73(63)42-69(61)78/h1-43H. The van der Waals surface area contributed by atoms with Crippen molar-refractivity contribution in [2.75, 3.05) is 0 Å². The normalized spacial score (nSPS) is 12.2. The molecule has 0 radical (unpaired) electrons. The summed E-state index contributed by atoms with van der Waals surface area (Å²) in [4.78, 5) is 4.64. The average Bonchev–Trinajstić information content (AvgIpc) is 4.36. The highest BCUT2D eigenvalue weighted by Gasteiger charge is 2.23. The summed E-state index contributed by atoms with van der Waals surface area (Å²) >= 11 is 3.75. The van der Waals surface area contributed by atoms with Gasteiger partial charge in [-0.25, -0.2) is 0 Å². The van der Waals surface area contributed by atoms with Gasteiger partial charge in [0.25, 0.3) is 0 Å². The van der Waals surface area contributed by atoms with Crippen molar-refractivity contribution in [3.8, 4) is 44.8 Å². The molecular weight excluding hydrogens is 1010 g/mol. The van der Waals surface area contributed by atoms with Gasteiger partial charge >= 0.3 is 0 Å². The zero-order valence-corrected chi connectivity index (χ0v) is 44.6. The number of benzene rings is 13. The highest BCUT2D eigenvalue weighted by atomic mass is 32.1. The van der Waals surface area contributed by atoms with Crippen LogP contribution >= 0.6 is 22.7 Å². The van der Waals surface area contributed by atoms with E-state index in [0.717, 1.165) is 16.9 Å². The largest absolute Gasteiger partial charge is 0.309 e. The van der Waals surface area contributed by atoms with Crippen molar-refractivity contribution in [2.45, 2.75) is 0 Å². The van der Waals surface area contributed by atoms with Gasteiger partial charge < -0.3 is 9.13 Å². The third kappa shape index (κ3) is 6.33. The number of pyridine rings is 1. The van der Waals surface area contributed by atoms with Gasteiger partial charge in [0.1, 0.15) is 0 Å². The van der Waals surface area contributed by atoms with Crippen LogP contribution in [-0.2, 0) is 0 Å². The molecule has 5 aromatic heterocycles. The van der Waals surface area contributed by atoms with Crippen LogP contribution in [-0.4, -0.2) is 14.1 Å².